The molecule has 0 fully saturated rings. The number of carbonyl (C=O) groups excluding carboxylic acids is 1. The lowest BCUT2D eigenvalue weighted by Crippen LogP contribution is -2.17. The van der Waals surface area contributed by atoms with Gasteiger partial charge in [-0.2, -0.15) is 0 Å². The Morgan fingerprint density at radius 1 is 1.08 bits per heavy atom. The van der Waals surface area contributed by atoms with Crippen molar-refractivity contribution in [3.05, 3.63) is 47.5 Å². The number of aryl methyl sites for hydroxylation is 1. The standard InChI is InChI=1S/C17H20N2O5S/c1-11-4-6-14(23-2)12(8-11)9-17(20)19-13-5-7-15(24-3)16(10-13)25(18,21)22/h4-8,10H,9H2,1-3H3,(H,19,20)(H2,18,21,22). The Kier molecular flexibility index (Phi) is 5.66. The predicted molar refractivity (Wildman–Crippen MR) is 94.4 cm³/mol. The third-order valence-corrected chi connectivity index (χ3v) is 4.47. The van der Waals surface area contributed by atoms with Gasteiger partial charge in [0.15, 0.2) is 0 Å². The topological polar surface area (TPSA) is 108 Å². The third-order valence-electron chi connectivity index (χ3n) is 3.54. The molecule has 7 nitrogen and oxygen atoms in total. The lowest BCUT2D eigenvalue weighted by atomic mass is 10.1. The number of ether oxygens (including phenoxy) is 2. The SMILES string of the molecule is COc1ccc(C)cc1CC(=O)Nc1ccc(OC)c(S(N)(=O)=O)c1. The summed E-state index contributed by atoms with van der Waals surface area (Å²) in [5.41, 5.74) is 2.05. The number of methoxy groups -OCH3 is 2. The van der Waals surface area contributed by atoms with E-state index in [2.05, 4.69) is 5.32 Å². The van der Waals surface area contributed by atoms with E-state index in [9.17, 15) is 13.2 Å². The van der Waals surface area contributed by atoms with Gasteiger partial charge in [0.25, 0.3) is 0 Å². The van der Waals surface area contributed by atoms with Crippen LogP contribution in [0, 0.1) is 6.92 Å². The van der Waals surface area contributed by atoms with Gasteiger partial charge in [0.2, 0.25) is 15.9 Å². The molecule has 25 heavy (non-hydrogen) atoms. The number of carbonyl (C=O) groups is 1. The van der Waals surface area contributed by atoms with E-state index in [1.165, 1.54) is 26.4 Å². The maximum Gasteiger partial charge on any atom is 0.241 e. The number of nitrogens with one attached hydrogen (secondary N) is 1. The second kappa shape index (κ2) is 7.54. The van der Waals surface area contributed by atoms with Gasteiger partial charge in [-0.3, -0.25) is 4.79 Å². The van der Waals surface area contributed by atoms with Crippen LogP contribution in [0.3, 0.4) is 0 Å². The van der Waals surface area contributed by atoms with Gasteiger partial charge < -0.3 is 14.8 Å². The van der Waals surface area contributed by atoms with Crippen LogP contribution in [0.1, 0.15) is 11.1 Å². The second-order valence-corrected chi connectivity index (χ2v) is 6.98. The molecule has 0 radical (unpaired) electrons. The van der Waals surface area contributed by atoms with E-state index >= 15 is 0 Å². The summed E-state index contributed by atoms with van der Waals surface area (Å²) in [6, 6.07) is 9.79. The molecule has 2 rings (SSSR count). The predicted octanol–water partition coefficient (Wildman–Crippen LogP) is 1.84. The van der Waals surface area contributed by atoms with Crippen molar-refractivity contribution < 1.29 is 22.7 Å². The summed E-state index contributed by atoms with van der Waals surface area (Å²) in [5.74, 6) is 0.413. The summed E-state index contributed by atoms with van der Waals surface area (Å²) in [4.78, 5) is 12.1. The van der Waals surface area contributed by atoms with E-state index in [-0.39, 0.29) is 23.0 Å². The van der Waals surface area contributed by atoms with E-state index in [0.29, 0.717) is 11.4 Å². The van der Waals surface area contributed by atoms with E-state index in [1.54, 1.807) is 12.1 Å². The lowest BCUT2D eigenvalue weighted by Gasteiger charge is -2.12. The van der Waals surface area contributed by atoms with Crippen LogP contribution in [0.25, 0.3) is 0 Å². The first-order valence-corrected chi connectivity index (χ1v) is 8.93. The molecule has 0 aliphatic rings. The van der Waals surface area contributed by atoms with Crippen molar-refractivity contribution in [3.8, 4) is 11.5 Å². The first-order chi connectivity index (χ1) is 11.7. The van der Waals surface area contributed by atoms with Gasteiger partial charge in [-0.1, -0.05) is 17.7 Å². The van der Waals surface area contributed by atoms with Crippen molar-refractivity contribution in [2.75, 3.05) is 19.5 Å². The smallest absolute Gasteiger partial charge is 0.241 e. The monoisotopic (exact) mass is 364 g/mol. The van der Waals surface area contributed by atoms with Crippen molar-refractivity contribution in [1.29, 1.82) is 0 Å². The van der Waals surface area contributed by atoms with Gasteiger partial charge in [-0.25, -0.2) is 13.6 Å². The van der Waals surface area contributed by atoms with Crippen LogP contribution in [0.4, 0.5) is 5.69 Å². The highest BCUT2D eigenvalue weighted by molar-refractivity contribution is 7.89. The van der Waals surface area contributed by atoms with Crippen molar-refractivity contribution in [2.45, 2.75) is 18.2 Å². The molecule has 0 aromatic heterocycles. The summed E-state index contributed by atoms with van der Waals surface area (Å²) >= 11 is 0. The highest BCUT2D eigenvalue weighted by atomic mass is 32.2. The molecule has 2 aromatic rings. The number of hydrogen-bond donors (Lipinski definition) is 2. The summed E-state index contributed by atoms with van der Waals surface area (Å²) in [6.07, 6.45) is 0.0849. The minimum atomic E-state index is -3.98. The molecule has 0 saturated heterocycles. The Bertz CT molecular complexity index is 894. The number of sulfonamides is 1. The van der Waals surface area contributed by atoms with Gasteiger partial charge in [-0.05, 0) is 31.2 Å². The molecule has 134 valence electrons. The largest absolute Gasteiger partial charge is 0.496 e. The van der Waals surface area contributed by atoms with Crippen molar-refractivity contribution in [3.63, 3.8) is 0 Å². The van der Waals surface area contributed by atoms with Gasteiger partial charge in [0.05, 0.1) is 20.6 Å². The van der Waals surface area contributed by atoms with E-state index < -0.39 is 10.0 Å². The fraction of sp³-hybridized carbons (Fsp3) is 0.235. The summed E-state index contributed by atoms with van der Waals surface area (Å²) in [7, 11) is -1.10. The van der Waals surface area contributed by atoms with Gasteiger partial charge in [-0.15, -0.1) is 0 Å². The van der Waals surface area contributed by atoms with Crippen LogP contribution in [0.5, 0.6) is 11.5 Å². The van der Waals surface area contributed by atoms with Crippen LogP contribution in [-0.2, 0) is 21.2 Å². The minimum absolute atomic E-state index is 0.0849. The summed E-state index contributed by atoms with van der Waals surface area (Å²) < 4.78 is 33.5. The molecule has 0 spiro atoms. The maximum atomic E-state index is 12.3. The Hall–Kier alpha value is -2.58. The van der Waals surface area contributed by atoms with Crippen LogP contribution in [0.2, 0.25) is 0 Å². The second-order valence-electron chi connectivity index (χ2n) is 5.45. The zero-order valence-corrected chi connectivity index (χ0v) is 15.0. The van der Waals surface area contributed by atoms with Crippen LogP contribution >= 0.6 is 0 Å². The number of primary sulfonamides is 1. The van der Waals surface area contributed by atoms with Gasteiger partial charge in [0.1, 0.15) is 16.4 Å². The molecular formula is C17H20N2O5S. The molecule has 0 bridgehead atoms. The molecular weight excluding hydrogens is 344 g/mol. The summed E-state index contributed by atoms with van der Waals surface area (Å²) in [5, 5.41) is 7.83. The molecule has 1 amide bonds. The van der Waals surface area contributed by atoms with Crippen LogP contribution < -0.4 is 19.9 Å². The number of hydrogen-bond acceptors (Lipinski definition) is 5. The fourth-order valence-electron chi connectivity index (χ4n) is 2.40. The van der Waals surface area contributed by atoms with E-state index in [4.69, 9.17) is 14.6 Å². The van der Waals surface area contributed by atoms with E-state index in [1.807, 2.05) is 19.1 Å². The number of anilines is 1. The normalized spacial score (nSPS) is 11.0. The Morgan fingerprint density at radius 2 is 1.72 bits per heavy atom. The van der Waals surface area contributed by atoms with Gasteiger partial charge in [0, 0.05) is 11.3 Å². The number of rotatable bonds is 6. The quantitative estimate of drug-likeness (QED) is 0.813. The molecule has 0 saturated carbocycles. The average Bonchev–Trinajstić information content (AvgIpc) is 2.54. The van der Waals surface area contributed by atoms with Crippen LogP contribution in [0.15, 0.2) is 41.3 Å². The highest BCUT2D eigenvalue weighted by Crippen LogP contribution is 2.26. The molecule has 0 atom stereocenters. The van der Waals surface area contributed by atoms with Crippen LogP contribution in [-0.4, -0.2) is 28.5 Å². The number of nitrogens with two attached hydrogens (primary N) is 1. The molecule has 8 heteroatoms. The Balaban J connectivity index is 2.23. The lowest BCUT2D eigenvalue weighted by molar-refractivity contribution is -0.115. The third kappa shape index (κ3) is 4.71. The zero-order chi connectivity index (χ0) is 18.6. The van der Waals surface area contributed by atoms with Gasteiger partial charge >= 0.3 is 0 Å². The molecule has 2 aromatic carbocycles. The first kappa shape index (κ1) is 18.8. The Morgan fingerprint density at radius 3 is 2.32 bits per heavy atom. The highest BCUT2D eigenvalue weighted by Gasteiger charge is 2.17. The molecule has 0 aliphatic carbocycles. The Labute approximate surface area is 146 Å². The molecule has 0 heterocycles. The zero-order valence-electron chi connectivity index (χ0n) is 14.2. The fourth-order valence-corrected chi connectivity index (χ4v) is 3.12. The van der Waals surface area contributed by atoms with Crippen molar-refractivity contribution >= 4 is 21.6 Å². The molecule has 0 aliphatic heterocycles. The number of benzene rings is 2. The molecule has 0 unspecified atom stereocenters. The van der Waals surface area contributed by atoms with E-state index in [0.717, 1.165) is 11.1 Å². The van der Waals surface area contributed by atoms with Crippen molar-refractivity contribution in [1.82, 2.24) is 0 Å². The number of amides is 1. The minimum Gasteiger partial charge on any atom is -0.496 e. The first-order valence-electron chi connectivity index (χ1n) is 7.39. The van der Waals surface area contributed by atoms with Crippen molar-refractivity contribution in [2.24, 2.45) is 5.14 Å². The summed E-state index contributed by atoms with van der Waals surface area (Å²) in [6.45, 7) is 1.92. The maximum absolute atomic E-state index is 12.3. The molecule has 3 N–H and O–H groups in total. The average molecular weight is 364 g/mol.